The van der Waals surface area contributed by atoms with Crippen LogP contribution in [0, 0.1) is 0 Å². The minimum absolute atomic E-state index is 0.161. The summed E-state index contributed by atoms with van der Waals surface area (Å²) < 4.78 is 5.45. The van der Waals surface area contributed by atoms with Crippen LogP contribution in [-0.2, 0) is 0 Å². The van der Waals surface area contributed by atoms with E-state index in [2.05, 4.69) is 10.3 Å². The average Bonchev–Trinajstić information content (AvgIpc) is 3.10. The van der Waals surface area contributed by atoms with Gasteiger partial charge >= 0.3 is 0 Å². The second-order valence-electron chi connectivity index (χ2n) is 4.83. The lowest BCUT2D eigenvalue weighted by Crippen LogP contribution is -2.29. The Morgan fingerprint density at radius 3 is 2.57 bits per heavy atom. The molecule has 0 aliphatic carbocycles. The van der Waals surface area contributed by atoms with Gasteiger partial charge in [-0.25, -0.2) is 4.98 Å². The zero-order valence-electron chi connectivity index (χ0n) is 11.9. The first kappa shape index (κ1) is 15.6. The predicted octanol–water partition coefficient (Wildman–Crippen LogP) is 4.50. The Bertz CT molecular complexity index is 805. The van der Waals surface area contributed by atoms with E-state index in [-0.39, 0.29) is 16.1 Å². The maximum Gasteiger partial charge on any atom is 0.253 e. The smallest absolute Gasteiger partial charge is 0.253 e. The van der Waals surface area contributed by atoms with Gasteiger partial charge in [0, 0.05) is 6.20 Å². The summed E-state index contributed by atoms with van der Waals surface area (Å²) in [6.07, 6.45) is 2.95. The molecule has 0 fully saturated rings. The Morgan fingerprint density at radius 1 is 1.13 bits per heavy atom. The van der Waals surface area contributed by atoms with Crippen LogP contribution in [0.3, 0.4) is 0 Å². The van der Waals surface area contributed by atoms with Crippen LogP contribution >= 0.6 is 23.2 Å². The van der Waals surface area contributed by atoms with Gasteiger partial charge in [0.2, 0.25) is 0 Å². The molecule has 2 heterocycles. The van der Waals surface area contributed by atoms with Crippen molar-refractivity contribution < 1.29 is 9.21 Å². The summed E-state index contributed by atoms with van der Waals surface area (Å²) in [5, 5.41) is 3.32. The molecule has 0 saturated heterocycles. The number of benzene rings is 1. The summed E-state index contributed by atoms with van der Waals surface area (Å²) in [6.45, 7) is 0. The SMILES string of the molecule is O=C(N[C@H](c1ccccc1)c1ccco1)c1cnc(Cl)c(Cl)c1. The molecule has 3 aromatic rings. The Morgan fingerprint density at radius 2 is 1.91 bits per heavy atom. The maximum absolute atomic E-state index is 12.5. The highest BCUT2D eigenvalue weighted by atomic mass is 35.5. The van der Waals surface area contributed by atoms with Gasteiger partial charge in [0.05, 0.1) is 16.8 Å². The number of aromatic nitrogens is 1. The van der Waals surface area contributed by atoms with Crippen molar-refractivity contribution in [2.24, 2.45) is 0 Å². The largest absolute Gasteiger partial charge is 0.467 e. The Labute approximate surface area is 143 Å². The van der Waals surface area contributed by atoms with E-state index in [4.69, 9.17) is 27.6 Å². The van der Waals surface area contributed by atoms with Crippen molar-refractivity contribution in [3.63, 3.8) is 0 Å². The third-order valence-corrected chi connectivity index (χ3v) is 3.98. The van der Waals surface area contributed by atoms with E-state index in [0.717, 1.165) is 5.56 Å². The van der Waals surface area contributed by atoms with E-state index >= 15 is 0 Å². The number of pyridine rings is 1. The van der Waals surface area contributed by atoms with E-state index in [0.29, 0.717) is 11.3 Å². The number of furan rings is 1. The highest BCUT2D eigenvalue weighted by Crippen LogP contribution is 2.24. The van der Waals surface area contributed by atoms with Gasteiger partial charge in [0.25, 0.3) is 5.91 Å². The van der Waals surface area contributed by atoms with Crippen molar-refractivity contribution in [1.82, 2.24) is 10.3 Å². The number of nitrogens with one attached hydrogen (secondary N) is 1. The molecule has 0 aliphatic rings. The van der Waals surface area contributed by atoms with Gasteiger partial charge in [-0.2, -0.15) is 0 Å². The van der Waals surface area contributed by atoms with Crippen LogP contribution in [0.4, 0.5) is 0 Å². The fourth-order valence-corrected chi connectivity index (χ4v) is 2.45. The lowest BCUT2D eigenvalue weighted by atomic mass is 10.0. The third kappa shape index (κ3) is 3.55. The molecule has 116 valence electrons. The van der Waals surface area contributed by atoms with E-state index in [9.17, 15) is 4.79 Å². The predicted molar refractivity (Wildman–Crippen MR) is 88.7 cm³/mol. The van der Waals surface area contributed by atoms with Crippen molar-refractivity contribution in [2.45, 2.75) is 6.04 Å². The number of rotatable bonds is 4. The minimum Gasteiger partial charge on any atom is -0.467 e. The molecule has 4 nitrogen and oxygen atoms in total. The van der Waals surface area contributed by atoms with E-state index < -0.39 is 6.04 Å². The van der Waals surface area contributed by atoms with Crippen molar-refractivity contribution in [3.8, 4) is 0 Å². The molecule has 0 radical (unpaired) electrons. The van der Waals surface area contributed by atoms with E-state index in [1.807, 2.05) is 36.4 Å². The number of nitrogens with zero attached hydrogens (tertiary/aromatic N) is 1. The van der Waals surface area contributed by atoms with Crippen LogP contribution in [0.25, 0.3) is 0 Å². The standard InChI is InChI=1S/C17H12Cl2N2O2/c18-13-9-12(10-20-16(13)19)17(22)21-15(14-7-4-8-23-14)11-5-2-1-3-6-11/h1-10,15H,(H,21,22)/t15-/m1/s1. The molecule has 6 heteroatoms. The van der Waals surface area contributed by atoms with Gasteiger partial charge in [-0.05, 0) is 23.8 Å². The zero-order valence-corrected chi connectivity index (χ0v) is 13.4. The highest BCUT2D eigenvalue weighted by molar-refractivity contribution is 6.41. The van der Waals surface area contributed by atoms with Crippen LogP contribution in [0.15, 0.2) is 65.4 Å². The van der Waals surface area contributed by atoms with Gasteiger partial charge in [-0.1, -0.05) is 53.5 Å². The number of carbonyl (C=O) groups excluding carboxylic acids is 1. The summed E-state index contributed by atoms with van der Waals surface area (Å²) in [5.74, 6) is 0.318. The molecule has 0 saturated carbocycles. The van der Waals surface area contributed by atoms with Crippen LogP contribution in [0.1, 0.15) is 27.7 Å². The molecular weight excluding hydrogens is 335 g/mol. The van der Waals surface area contributed by atoms with E-state index in [1.54, 1.807) is 12.3 Å². The maximum atomic E-state index is 12.5. The first-order valence-electron chi connectivity index (χ1n) is 6.85. The Balaban J connectivity index is 1.89. The van der Waals surface area contributed by atoms with E-state index in [1.165, 1.54) is 12.3 Å². The van der Waals surface area contributed by atoms with Gasteiger partial charge in [-0.15, -0.1) is 0 Å². The first-order valence-corrected chi connectivity index (χ1v) is 7.61. The molecule has 1 N–H and O–H groups in total. The number of carbonyl (C=O) groups is 1. The normalized spacial score (nSPS) is 11.9. The van der Waals surface area contributed by atoms with Crippen LogP contribution in [0.2, 0.25) is 10.2 Å². The van der Waals surface area contributed by atoms with Crippen LogP contribution in [-0.4, -0.2) is 10.9 Å². The molecule has 2 aromatic heterocycles. The fraction of sp³-hybridized carbons (Fsp3) is 0.0588. The van der Waals surface area contributed by atoms with Crippen molar-refractivity contribution >= 4 is 29.1 Å². The fourth-order valence-electron chi connectivity index (χ4n) is 2.18. The van der Waals surface area contributed by atoms with Gasteiger partial charge in [0.15, 0.2) is 0 Å². The molecule has 3 rings (SSSR count). The molecule has 0 unspecified atom stereocenters. The monoisotopic (exact) mass is 346 g/mol. The highest BCUT2D eigenvalue weighted by Gasteiger charge is 2.20. The van der Waals surface area contributed by atoms with Gasteiger partial charge in [0.1, 0.15) is 17.0 Å². The van der Waals surface area contributed by atoms with Crippen molar-refractivity contribution in [3.05, 3.63) is 88.1 Å². The molecule has 1 aromatic carbocycles. The van der Waals surface area contributed by atoms with Crippen molar-refractivity contribution in [2.75, 3.05) is 0 Å². The third-order valence-electron chi connectivity index (χ3n) is 3.29. The number of halogens is 2. The van der Waals surface area contributed by atoms with Gasteiger partial charge < -0.3 is 9.73 Å². The molecular formula is C17H12Cl2N2O2. The quantitative estimate of drug-likeness (QED) is 0.707. The van der Waals surface area contributed by atoms with Crippen molar-refractivity contribution in [1.29, 1.82) is 0 Å². The lowest BCUT2D eigenvalue weighted by Gasteiger charge is -2.17. The molecule has 0 bridgehead atoms. The zero-order chi connectivity index (χ0) is 16.2. The Hall–Kier alpha value is -2.30. The number of hydrogen-bond donors (Lipinski definition) is 1. The van der Waals surface area contributed by atoms with Gasteiger partial charge in [-0.3, -0.25) is 4.79 Å². The van der Waals surface area contributed by atoms with Crippen LogP contribution < -0.4 is 5.32 Å². The molecule has 1 amide bonds. The summed E-state index contributed by atoms with van der Waals surface area (Å²) in [6, 6.07) is 14.2. The molecule has 23 heavy (non-hydrogen) atoms. The molecule has 0 spiro atoms. The summed E-state index contributed by atoms with van der Waals surface area (Å²) in [7, 11) is 0. The number of amides is 1. The summed E-state index contributed by atoms with van der Waals surface area (Å²) in [5.41, 5.74) is 1.23. The second-order valence-corrected chi connectivity index (χ2v) is 5.59. The molecule has 0 aliphatic heterocycles. The Kier molecular flexibility index (Phi) is 4.65. The number of hydrogen-bond acceptors (Lipinski definition) is 3. The van der Waals surface area contributed by atoms with Crippen LogP contribution in [0.5, 0.6) is 0 Å². The first-order chi connectivity index (χ1) is 11.1. The topological polar surface area (TPSA) is 55.1 Å². The summed E-state index contributed by atoms with van der Waals surface area (Å²) in [4.78, 5) is 16.4. The average molecular weight is 347 g/mol. The lowest BCUT2D eigenvalue weighted by molar-refractivity contribution is 0.0938. The second kappa shape index (κ2) is 6.86. The molecule has 1 atom stereocenters. The minimum atomic E-state index is -0.409. The summed E-state index contributed by atoms with van der Waals surface area (Å²) >= 11 is 11.7.